The molecule has 1 saturated carbocycles. The lowest BCUT2D eigenvalue weighted by Gasteiger charge is -2.19. The van der Waals surface area contributed by atoms with E-state index in [1.807, 2.05) is 24.3 Å². The zero-order chi connectivity index (χ0) is 16.9. The number of carbonyl (C=O) groups is 2. The molecule has 1 aliphatic carbocycles. The van der Waals surface area contributed by atoms with E-state index >= 15 is 0 Å². The molecule has 2 fully saturated rings. The van der Waals surface area contributed by atoms with Crippen molar-refractivity contribution in [3.05, 3.63) is 29.8 Å². The number of nitrogens with one attached hydrogen (secondary N) is 1. The van der Waals surface area contributed by atoms with Crippen LogP contribution >= 0.6 is 0 Å². The van der Waals surface area contributed by atoms with Gasteiger partial charge < -0.3 is 20.7 Å². The van der Waals surface area contributed by atoms with E-state index in [1.165, 1.54) is 12.8 Å². The Balaban J connectivity index is 1.54. The molecule has 1 aromatic carbocycles. The molecule has 3 N–H and O–H groups in total. The first kappa shape index (κ1) is 16.6. The van der Waals surface area contributed by atoms with E-state index in [0.29, 0.717) is 26.1 Å². The average molecular weight is 331 g/mol. The third-order valence-electron chi connectivity index (χ3n) is 4.88. The zero-order valence-electron chi connectivity index (χ0n) is 13.9. The van der Waals surface area contributed by atoms with Crippen LogP contribution in [0, 0.1) is 5.92 Å². The third-order valence-corrected chi connectivity index (χ3v) is 4.88. The molecule has 6 heteroatoms. The smallest absolute Gasteiger partial charge is 0.317 e. The zero-order valence-corrected chi connectivity index (χ0v) is 13.9. The summed E-state index contributed by atoms with van der Waals surface area (Å²) in [5.41, 5.74) is 6.28. The Kier molecular flexibility index (Phi) is 5.23. The van der Waals surface area contributed by atoms with Gasteiger partial charge in [-0.05, 0) is 38.2 Å². The second kappa shape index (κ2) is 7.55. The number of benzene rings is 1. The molecule has 3 rings (SSSR count). The summed E-state index contributed by atoms with van der Waals surface area (Å²) in [5.74, 6) is 0.287. The molecule has 0 aromatic heterocycles. The van der Waals surface area contributed by atoms with E-state index in [1.54, 1.807) is 4.90 Å². The van der Waals surface area contributed by atoms with Gasteiger partial charge in [0.25, 0.3) is 0 Å². The number of rotatable bonds is 5. The van der Waals surface area contributed by atoms with Crippen LogP contribution in [0.25, 0.3) is 0 Å². The summed E-state index contributed by atoms with van der Waals surface area (Å²) in [6, 6.07) is 7.67. The molecule has 1 heterocycles. The molecule has 0 spiro atoms. The summed E-state index contributed by atoms with van der Waals surface area (Å²) in [6.07, 6.45) is 5.58. The maximum absolute atomic E-state index is 12.3. The Morgan fingerprint density at radius 3 is 2.67 bits per heavy atom. The molecule has 24 heavy (non-hydrogen) atoms. The minimum Gasteiger partial charge on any atom is -0.490 e. The number of amides is 3. The monoisotopic (exact) mass is 331 g/mol. The normalized spacial score (nSPS) is 21.0. The van der Waals surface area contributed by atoms with Crippen molar-refractivity contribution in [1.82, 2.24) is 10.2 Å². The van der Waals surface area contributed by atoms with Crippen LogP contribution in [0.1, 0.15) is 37.7 Å². The summed E-state index contributed by atoms with van der Waals surface area (Å²) in [5, 5.41) is 2.92. The van der Waals surface area contributed by atoms with Crippen molar-refractivity contribution in [1.29, 1.82) is 0 Å². The van der Waals surface area contributed by atoms with Gasteiger partial charge in [0.1, 0.15) is 5.75 Å². The molecule has 1 aliphatic heterocycles. The molecule has 130 valence electrons. The molecule has 1 aromatic rings. The quantitative estimate of drug-likeness (QED) is 0.866. The van der Waals surface area contributed by atoms with Gasteiger partial charge in [0.15, 0.2) is 0 Å². The SMILES string of the molecule is NC(=O)[C@@H]1CCN(C(=O)NCc2ccccc2OC2CCCC2)C1. The first-order chi connectivity index (χ1) is 11.6. The number of primary amides is 1. The van der Waals surface area contributed by atoms with E-state index in [0.717, 1.165) is 24.2 Å². The highest BCUT2D eigenvalue weighted by molar-refractivity contribution is 5.80. The molecule has 2 aliphatic rings. The van der Waals surface area contributed by atoms with Crippen LogP contribution in [-0.2, 0) is 11.3 Å². The summed E-state index contributed by atoms with van der Waals surface area (Å²) >= 11 is 0. The van der Waals surface area contributed by atoms with Gasteiger partial charge in [0.2, 0.25) is 5.91 Å². The minimum absolute atomic E-state index is 0.158. The van der Waals surface area contributed by atoms with Crippen LogP contribution in [0.5, 0.6) is 5.75 Å². The van der Waals surface area contributed by atoms with E-state index in [9.17, 15) is 9.59 Å². The highest BCUT2D eigenvalue weighted by Crippen LogP contribution is 2.26. The Morgan fingerprint density at radius 2 is 1.96 bits per heavy atom. The molecule has 1 atom stereocenters. The van der Waals surface area contributed by atoms with Crippen molar-refractivity contribution in [2.75, 3.05) is 13.1 Å². The van der Waals surface area contributed by atoms with Crippen molar-refractivity contribution in [3.8, 4) is 5.75 Å². The van der Waals surface area contributed by atoms with Crippen molar-refractivity contribution < 1.29 is 14.3 Å². The fourth-order valence-electron chi connectivity index (χ4n) is 3.41. The van der Waals surface area contributed by atoms with Crippen LogP contribution < -0.4 is 15.8 Å². The number of carbonyl (C=O) groups excluding carboxylic acids is 2. The number of nitrogens with zero attached hydrogens (tertiary/aromatic N) is 1. The predicted molar refractivity (Wildman–Crippen MR) is 90.4 cm³/mol. The van der Waals surface area contributed by atoms with Crippen molar-refractivity contribution >= 4 is 11.9 Å². The summed E-state index contributed by atoms with van der Waals surface area (Å²) in [4.78, 5) is 25.1. The molecule has 3 amide bonds. The van der Waals surface area contributed by atoms with Gasteiger partial charge in [-0.3, -0.25) is 4.79 Å². The number of ether oxygens (including phenoxy) is 1. The van der Waals surface area contributed by atoms with Crippen LogP contribution in [0.3, 0.4) is 0 Å². The number of hydrogen-bond donors (Lipinski definition) is 2. The largest absolute Gasteiger partial charge is 0.490 e. The maximum atomic E-state index is 12.3. The Labute approximate surface area is 142 Å². The lowest BCUT2D eigenvalue weighted by Crippen LogP contribution is -2.39. The summed E-state index contributed by atoms with van der Waals surface area (Å²) in [6.45, 7) is 1.39. The van der Waals surface area contributed by atoms with E-state index < -0.39 is 0 Å². The minimum atomic E-state index is -0.333. The number of likely N-dealkylation sites (tertiary alicyclic amines) is 1. The number of para-hydroxylation sites is 1. The van der Waals surface area contributed by atoms with Gasteiger partial charge >= 0.3 is 6.03 Å². The Hall–Kier alpha value is -2.24. The summed E-state index contributed by atoms with van der Waals surface area (Å²) in [7, 11) is 0. The molecule has 0 radical (unpaired) electrons. The van der Waals surface area contributed by atoms with Gasteiger partial charge in [0.05, 0.1) is 12.0 Å². The third kappa shape index (κ3) is 3.99. The predicted octanol–water partition coefficient (Wildman–Crippen LogP) is 2.02. The average Bonchev–Trinajstić information content (AvgIpc) is 3.25. The second-order valence-corrected chi connectivity index (χ2v) is 6.62. The Morgan fingerprint density at radius 1 is 1.21 bits per heavy atom. The first-order valence-corrected chi connectivity index (χ1v) is 8.70. The molecule has 1 saturated heterocycles. The van der Waals surface area contributed by atoms with Gasteiger partial charge in [-0.1, -0.05) is 18.2 Å². The Bertz CT molecular complexity index is 599. The molecule has 6 nitrogen and oxygen atoms in total. The highest BCUT2D eigenvalue weighted by atomic mass is 16.5. The van der Waals surface area contributed by atoms with Crippen LogP contribution in [-0.4, -0.2) is 36.0 Å². The van der Waals surface area contributed by atoms with Crippen LogP contribution in [0.2, 0.25) is 0 Å². The molecular weight excluding hydrogens is 306 g/mol. The number of nitrogens with two attached hydrogens (primary N) is 1. The summed E-state index contributed by atoms with van der Waals surface area (Å²) < 4.78 is 6.09. The molecule has 0 unspecified atom stereocenters. The van der Waals surface area contributed by atoms with Gasteiger partial charge in [-0.2, -0.15) is 0 Å². The van der Waals surface area contributed by atoms with Crippen molar-refractivity contribution in [2.45, 2.75) is 44.8 Å². The van der Waals surface area contributed by atoms with Crippen molar-refractivity contribution in [2.24, 2.45) is 11.7 Å². The van der Waals surface area contributed by atoms with E-state index in [-0.39, 0.29) is 24.0 Å². The standard InChI is InChI=1S/C18H25N3O3/c19-17(22)14-9-10-21(12-14)18(23)20-11-13-5-1-4-8-16(13)24-15-6-2-3-7-15/h1,4-5,8,14-15H,2-3,6-7,9-12H2,(H2,19,22)(H,20,23)/t14-/m1/s1. The second-order valence-electron chi connectivity index (χ2n) is 6.62. The highest BCUT2D eigenvalue weighted by Gasteiger charge is 2.29. The lowest BCUT2D eigenvalue weighted by molar-refractivity contribution is -0.121. The van der Waals surface area contributed by atoms with Crippen LogP contribution in [0.15, 0.2) is 24.3 Å². The van der Waals surface area contributed by atoms with E-state index in [4.69, 9.17) is 10.5 Å². The lowest BCUT2D eigenvalue weighted by atomic mass is 10.1. The van der Waals surface area contributed by atoms with Gasteiger partial charge in [-0.25, -0.2) is 4.79 Å². The fraction of sp³-hybridized carbons (Fsp3) is 0.556. The number of urea groups is 1. The van der Waals surface area contributed by atoms with Gasteiger partial charge in [0, 0.05) is 25.2 Å². The van der Waals surface area contributed by atoms with E-state index in [2.05, 4.69) is 5.32 Å². The van der Waals surface area contributed by atoms with Crippen LogP contribution in [0.4, 0.5) is 4.79 Å². The first-order valence-electron chi connectivity index (χ1n) is 8.70. The van der Waals surface area contributed by atoms with Crippen molar-refractivity contribution in [3.63, 3.8) is 0 Å². The topological polar surface area (TPSA) is 84.7 Å². The fourth-order valence-corrected chi connectivity index (χ4v) is 3.41. The molecular formula is C18H25N3O3. The van der Waals surface area contributed by atoms with Gasteiger partial charge in [-0.15, -0.1) is 0 Å². The maximum Gasteiger partial charge on any atom is 0.317 e. The number of hydrogen-bond acceptors (Lipinski definition) is 3. The molecule has 0 bridgehead atoms.